The third kappa shape index (κ3) is 2.76. The third-order valence-corrected chi connectivity index (χ3v) is 2.43. The van der Waals surface area contributed by atoms with E-state index in [2.05, 4.69) is 25.3 Å². The number of hydrogen-bond acceptors (Lipinski definition) is 5. The minimum atomic E-state index is -0.0183. The second-order valence-electron chi connectivity index (χ2n) is 3.54. The van der Waals surface area contributed by atoms with E-state index in [1.54, 1.807) is 0 Å². The zero-order chi connectivity index (χ0) is 10.5. The molecule has 0 aromatic carbocycles. The zero-order valence-electron chi connectivity index (χ0n) is 8.40. The third-order valence-electron chi connectivity index (χ3n) is 2.43. The molecule has 15 heavy (non-hydrogen) atoms. The lowest BCUT2D eigenvalue weighted by molar-refractivity contribution is -0.122. The molecule has 6 nitrogen and oxygen atoms in total. The molecule has 6 heteroatoms. The van der Waals surface area contributed by atoms with Gasteiger partial charge in [-0.3, -0.25) is 4.79 Å². The first kappa shape index (κ1) is 10.1. The Kier molecular flexibility index (Phi) is 3.29. The highest BCUT2D eigenvalue weighted by atomic mass is 16.5. The van der Waals surface area contributed by atoms with Crippen molar-refractivity contribution >= 4 is 5.91 Å². The van der Waals surface area contributed by atoms with Crippen molar-refractivity contribution in [3.63, 3.8) is 0 Å². The van der Waals surface area contributed by atoms with Crippen LogP contribution in [0.4, 0.5) is 0 Å². The van der Waals surface area contributed by atoms with E-state index in [4.69, 9.17) is 0 Å². The predicted molar refractivity (Wildman–Crippen MR) is 52.0 cm³/mol. The molecule has 1 saturated heterocycles. The van der Waals surface area contributed by atoms with Crippen molar-refractivity contribution in [1.29, 1.82) is 0 Å². The predicted octanol–water partition coefficient (Wildman–Crippen LogP) is -0.520. The fourth-order valence-corrected chi connectivity index (χ4v) is 1.63. The monoisotopic (exact) mass is 210 g/mol. The molecule has 2 rings (SSSR count). The molecular formula is C9H14N4O2. The summed E-state index contributed by atoms with van der Waals surface area (Å²) in [6.07, 6.45) is 3.89. The molecule has 0 aliphatic carbocycles. The summed E-state index contributed by atoms with van der Waals surface area (Å²) in [5.41, 5.74) is 0. The van der Waals surface area contributed by atoms with Crippen molar-refractivity contribution in [2.75, 3.05) is 13.1 Å². The first-order chi connectivity index (χ1) is 7.36. The number of nitrogens with zero attached hydrogens (tertiary/aromatic N) is 2. The molecule has 0 saturated carbocycles. The van der Waals surface area contributed by atoms with Crippen LogP contribution in [0.3, 0.4) is 0 Å². The Bertz CT molecular complexity index is 306. The topological polar surface area (TPSA) is 80.1 Å². The van der Waals surface area contributed by atoms with Gasteiger partial charge in [-0.1, -0.05) is 5.16 Å². The first-order valence-electron chi connectivity index (χ1n) is 5.12. The maximum absolute atomic E-state index is 11.5. The summed E-state index contributed by atoms with van der Waals surface area (Å²) >= 11 is 0. The molecule has 1 unspecified atom stereocenters. The van der Waals surface area contributed by atoms with E-state index in [1.807, 2.05) is 0 Å². The van der Waals surface area contributed by atoms with Gasteiger partial charge in [0.05, 0.1) is 6.04 Å². The number of nitrogens with one attached hydrogen (secondary N) is 2. The van der Waals surface area contributed by atoms with Gasteiger partial charge >= 0.3 is 0 Å². The van der Waals surface area contributed by atoms with Gasteiger partial charge in [-0.05, 0) is 19.4 Å². The lowest BCUT2D eigenvalue weighted by Crippen LogP contribution is -2.41. The van der Waals surface area contributed by atoms with Gasteiger partial charge in [-0.25, -0.2) is 0 Å². The Morgan fingerprint density at radius 2 is 2.67 bits per heavy atom. The van der Waals surface area contributed by atoms with Gasteiger partial charge in [-0.15, -0.1) is 0 Å². The van der Waals surface area contributed by atoms with E-state index in [1.165, 1.54) is 6.39 Å². The molecule has 2 N–H and O–H groups in total. The lowest BCUT2D eigenvalue weighted by atomic mass is 10.2. The summed E-state index contributed by atoms with van der Waals surface area (Å²) < 4.78 is 4.59. The molecule has 1 amide bonds. The summed E-state index contributed by atoms with van der Waals surface area (Å²) in [6.45, 7) is 1.49. The number of hydrogen-bond donors (Lipinski definition) is 2. The van der Waals surface area contributed by atoms with Crippen molar-refractivity contribution in [2.45, 2.75) is 25.3 Å². The standard InChI is InChI=1S/C9H14N4O2/c14-9(7-2-1-4-10-7)11-5-3-8-12-6-15-13-8/h6-7,10H,1-5H2,(H,11,14). The highest BCUT2D eigenvalue weighted by Crippen LogP contribution is 2.04. The number of rotatable bonds is 4. The van der Waals surface area contributed by atoms with Gasteiger partial charge in [-0.2, -0.15) is 4.98 Å². The van der Waals surface area contributed by atoms with Crippen LogP contribution >= 0.6 is 0 Å². The van der Waals surface area contributed by atoms with Crippen LogP contribution in [0.5, 0.6) is 0 Å². The Balaban J connectivity index is 1.67. The molecule has 0 spiro atoms. The first-order valence-corrected chi connectivity index (χ1v) is 5.12. The maximum Gasteiger partial charge on any atom is 0.237 e. The number of carbonyl (C=O) groups excluding carboxylic acids is 1. The van der Waals surface area contributed by atoms with E-state index >= 15 is 0 Å². The average molecular weight is 210 g/mol. The normalized spacial score (nSPS) is 20.4. The summed E-state index contributed by atoms with van der Waals surface area (Å²) in [7, 11) is 0. The number of amides is 1. The number of carbonyl (C=O) groups is 1. The highest BCUT2D eigenvalue weighted by Gasteiger charge is 2.21. The van der Waals surface area contributed by atoms with E-state index < -0.39 is 0 Å². The number of aromatic nitrogens is 2. The summed E-state index contributed by atoms with van der Waals surface area (Å²) in [4.78, 5) is 15.4. The van der Waals surface area contributed by atoms with E-state index in [-0.39, 0.29) is 11.9 Å². The summed E-state index contributed by atoms with van der Waals surface area (Å²) in [5.74, 6) is 0.686. The van der Waals surface area contributed by atoms with Crippen molar-refractivity contribution < 1.29 is 9.32 Å². The second kappa shape index (κ2) is 4.88. The van der Waals surface area contributed by atoms with Crippen molar-refractivity contribution in [3.05, 3.63) is 12.2 Å². The Hall–Kier alpha value is -1.43. The molecule has 1 aliphatic rings. The minimum absolute atomic E-state index is 0.0183. The molecular weight excluding hydrogens is 196 g/mol. The molecule has 1 aromatic heterocycles. The molecule has 2 heterocycles. The van der Waals surface area contributed by atoms with Crippen LogP contribution < -0.4 is 10.6 Å². The summed E-state index contributed by atoms with van der Waals surface area (Å²) in [6, 6.07) is -0.0183. The minimum Gasteiger partial charge on any atom is -0.354 e. The molecule has 0 bridgehead atoms. The van der Waals surface area contributed by atoms with Crippen LogP contribution in [0.15, 0.2) is 10.9 Å². The van der Waals surface area contributed by atoms with Crippen molar-refractivity contribution in [3.8, 4) is 0 Å². The van der Waals surface area contributed by atoms with Gasteiger partial charge in [0.25, 0.3) is 0 Å². The summed E-state index contributed by atoms with van der Waals surface area (Å²) in [5, 5.41) is 9.64. The smallest absolute Gasteiger partial charge is 0.237 e. The van der Waals surface area contributed by atoms with Gasteiger partial charge in [0.15, 0.2) is 5.82 Å². The van der Waals surface area contributed by atoms with E-state index in [0.29, 0.717) is 18.8 Å². The van der Waals surface area contributed by atoms with Crippen molar-refractivity contribution in [2.24, 2.45) is 0 Å². The lowest BCUT2D eigenvalue weighted by Gasteiger charge is -2.09. The molecule has 1 aliphatic heterocycles. The zero-order valence-corrected chi connectivity index (χ0v) is 8.40. The van der Waals surface area contributed by atoms with Crippen LogP contribution in [-0.4, -0.2) is 35.2 Å². The van der Waals surface area contributed by atoms with Crippen LogP contribution in [0.25, 0.3) is 0 Å². The SMILES string of the molecule is O=C(NCCc1ncon1)C1CCCN1. The fourth-order valence-electron chi connectivity index (χ4n) is 1.63. The second-order valence-corrected chi connectivity index (χ2v) is 3.54. The van der Waals surface area contributed by atoms with Crippen LogP contribution in [0.1, 0.15) is 18.7 Å². The molecule has 82 valence electrons. The maximum atomic E-state index is 11.5. The largest absolute Gasteiger partial charge is 0.354 e. The van der Waals surface area contributed by atoms with Crippen LogP contribution in [0, 0.1) is 0 Å². The van der Waals surface area contributed by atoms with Gasteiger partial charge in [0.1, 0.15) is 0 Å². The quantitative estimate of drug-likeness (QED) is 0.699. The van der Waals surface area contributed by atoms with Gasteiger partial charge in [0, 0.05) is 13.0 Å². The molecule has 0 radical (unpaired) electrons. The van der Waals surface area contributed by atoms with Gasteiger partial charge in [0.2, 0.25) is 12.3 Å². The fraction of sp³-hybridized carbons (Fsp3) is 0.667. The Morgan fingerprint density at radius 1 is 1.73 bits per heavy atom. The van der Waals surface area contributed by atoms with E-state index in [9.17, 15) is 4.79 Å². The molecule has 1 aromatic rings. The molecule has 1 fully saturated rings. The van der Waals surface area contributed by atoms with Gasteiger partial charge < -0.3 is 15.2 Å². The Morgan fingerprint density at radius 3 is 3.33 bits per heavy atom. The Labute approximate surface area is 87.4 Å². The van der Waals surface area contributed by atoms with Crippen molar-refractivity contribution in [1.82, 2.24) is 20.8 Å². The highest BCUT2D eigenvalue weighted by molar-refractivity contribution is 5.81. The average Bonchev–Trinajstić information content (AvgIpc) is 2.90. The van der Waals surface area contributed by atoms with Crippen LogP contribution in [-0.2, 0) is 11.2 Å². The van der Waals surface area contributed by atoms with E-state index in [0.717, 1.165) is 19.4 Å². The molecule has 1 atom stereocenters. The van der Waals surface area contributed by atoms with Crippen LogP contribution in [0.2, 0.25) is 0 Å².